The molecule has 0 aliphatic heterocycles. The van der Waals surface area contributed by atoms with Crippen LogP contribution >= 0.6 is 0 Å². The molecule has 0 heterocycles. The fourth-order valence-corrected chi connectivity index (χ4v) is 1.80. The molecule has 1 aromatic carbocycles. The van der Waals surface area contributed by atoms with Crippen LogP contribution in [0, 0.1) is 12.8 Å². The Balaban J connectivity index is 2.88. The molecular formula is C13H22N2O. The Labute approximate surface area is 97.8 Å². The van der Waals surface area contributed by atoms with Crippen molar-refractivity contribution in [2.24, 2.45) is 17.4 Å². The zero-order valence-corrected chi connectivity index (χ0v) is 10.4. The van der Waals surface area contributed by atoms with Crippen LogP contribution in [0.2, 0.25) is 0 Å². The third-order valence-corrected chi connectivity index (χ3v) is 2.84. The highest BCUT2D eigenvalue weighted by Crippen LogP contribution is 2.28. The van der Waals surface area contributed by atoms with Crippen LogP contribution < -0.4 is 16.2 Å². The van der Waals surface area contributed by atoms with Crippen molar-refractivity contribution in [1.29, 1.82) is 0 Å². The normalized spacial score (nSPS) is 14.6. The van der Waals surface area contributed by atoms with E-state index < -0.39 is 0 Å². The monoisotopic (exact) mass is 222 g/mol. The summed E-state index contributed by atoms with van der Waals surface area (Å²) in [6.45, 7) is 4.84. The lowest BCUT2D eigenvalue weighted by Gasteiger charge is -2.19. The minimum absolute atomic E-state index is 0.00611. The van der Waals surface area contributed by atoms with Crippen molar-refractivity contribution in [2.75, 3.05) is 13.7 Å². The van der Waals surface area contributed by atoms with Gasteiger partial charge in [0.1, 0.15) is 5.75 Å². The Morgan fingerprint density at radius 1 is 1.38 bits per heavy atom. The second-order valence-electron chi connectivity index (χ2n) is 4.43. The maximum absolute atomic E-state index is 6.18. The van der Waals surface area contributed by atoms with E-state index in [-0.39, 0.29) is 6.04 Å². The van der Waals surface area contributed by atoms with Crippen molar-refractivity contribution in [3.8, 4) is 5.75 Å². The SMILES string of the molecule is COc1ccc(C)cc1C(N)CC(C)CN. The molecule has 1 rings (SSSR count). The largest absolute Gasteiger partial charge is 0.496 e. The van der Waals surface area contributed by atoms with Gasteiger partial charge in [-0.1, -0.05) is 24.6 Å². The molecule has 1 aromatic rings. The quantitative estimate of drug-likeness (QED) is 0.801. The highest BCUT2D eigenvalue weighted by molar-refractivity contribution is 5.38. The molecule has 16 heavy (non-hydrogen) atoms. The van der Waals surface area contributed by atoms with E-state index in [1.807, 2.05) is 12.1 Å². The van der Waals surface area contributed by atoms with Gasteiger partial charge >= 0.3 is 0 Å². The zero-order valence-electron chi connectivity index (χ0n) is 10.4. The molecule has 0 saturated heterocycles. The van der Waals surface area contributed by atoms with Crippen LogP contribution in [-0.4, -0.2) is 13.7 Å². The number of rotatable bonds is 5. The van der Waals surface area contributed by atoms with Crippen LogP contribution in [0.15, 0.2) is 18.2 Å². The van der Waals surface area contributed by atoms with E-state index in [0.717, 1.165) is 17.7 Å². The van der Waals surface area contributed by atoms with Gasteiger partial charge in [-0.3, -0.25) is 0 Å². The minimum Gasteiger partial charge on any atom is -0.496 e. The van der Waals surface area contributed by atoms with Gasteiger partial charge in [-0.15, -0.1) is 0 Å². The molecule has 3 heteroatoms. The summed E-state index contributed by atoms with van der Waals surface area (Å²) in [5, 5.41) is 0. The van der Waals surface area contributed by atoms with Gasteiger partial charge in [-0.25, -0.2) is 0 Å². The van der Waals surface area contributed by atoms with Crippen LogP contribution in [-0.2, 0) is 0 Å². The predicted molar refractivity (Wildman–Crippen MR) is 67.5 cm³/mol. The molecule has 0 saturated carbocycles. The first-order valence-corrected chi connectivity index (χ1v) is 5.68. The average Bonchev–Trinajstić information content (AvgIpc) is 2.28. The van der Waals surface area contributed by atoms with Crippen LogP contribution in [0.5, 0.6) is 5.75 Å². The van der Waals surface area contributed by atoms with E-state index >= 15 is 0 Å². The average molecular weight is 222 g/mol. The molecule has 0 aliphatic carbocycles. The maximum Gasteiger partial charge on any atom is 0.123 e. The molecule has 0 bridgehead atoms. The van der Waals surface area contributed by atoms with Crippen LogP contribution in [0.4, 0.5) is 0 Å². The fourth-order valence-electron chi connectivity index (χ4n) is 1.80. The second-order valence-corrected chi connectivity index (χ2v) is 4.43. The smallest absolute Gasteiger partial charge is 0.123 e. The number of benzene rings is 1. The molecule has 2 unspecified atom stereocenters. The molecule has 90 valence electrons. The van der Waals surface area contributed by atoms with Gasteiger partial charge in [-0.05, 0) is 31.9 Å². The number of hydrogen-bond acceptors (Lipinski definition) is 3. The van der Waals surface area contributed by atoms with E-state index in [4.69, 9.17) is 16.2 Å². The lowest BCUT2D eigenvalue weighted by Crippen LogP contribution is -2.19. The summed E-state index contributed by atoms with van der Waals surface area (Å²) in [5.74, 6) is 1.29. The molecule has 4 N–H and O–H groups in total. The van der Waals surface area contributed by atoms with E-state index in [1.54, 1.807) is 7.11 Å². The van der Waals surface area contributed by atoms with Gasteiger partial charge < -0.3 is 16.2 Å². The fraction of sp³-hybridized carbons (Fsp3) is 0.538. The summed E-state index contributed by atoms with van der Waals surface area (Å²) < 4.78 is 5.33. The molecule has 2 atom stereocenters. The van der Waals surface area contributed by atoms with Gasteiger partial charge in [0.25, 0.3) is 0 Å². The van der Waals surface area contributed by atoms with Crippen LogP contribution in [0.1, 0.15) is 30.5 Å². The van der Waals surface area contributed by atoms with Gasteiger partial charge in [0.2, 0.25) is 0 Å². The van der Waals surface area contributed by atoms with Crippen molar-refractivity contribution in [2.45, 2.75) is 26.3 Å². The summed E-state index contributed by atoms with van der Waals surface area (Å²) in [6.07, 6.45) is 0.885. The first kappa shape index (κ1) is 13.0. The summed E-state index contributed by atoms with van der Waals surface area (Å²) in [4.78, 5) is 0. The number of aryl methyl sites for hydroxylation is 1. The van der Waals surface area contributed by atoms with Crippen molar-refractivity contribution in [1.82, 2.24) is 0 Å². The van der Waals surface area contributed by atoms with Gasteiger partial charge in [-0.2, -0.15) is 0 Å². The minimum atomic E-state index is -0.00611. The number of ether oxygens (including phenoxy) is 1. The molecule has 0 amide bonds. The van der Waals surface area contributed by atoms with E-state index in [1.165, 1.54) is 5.56 Å². The zero-order chi connectivity index (χ0) is 12.1. The first-order chi connectivity index (χ1) is 7.58. The third-order valence-electron chi connectivity index (χ3n) is 2.84. The Morgan fingerprint density at radius 3 is 2.62 bits per heavy atom. The molecule has 0 radical (unpaired) electrons. The van der Waals surface area contributed by atoms with E-state index in [0.29, 0.717) is 12.5 Å². The highest BCUT2D eigenvalue weighted by atomic mass is 16.5. The van der Waals surface area contributed by atoms with Gasteiger partial charge in [0, 0.05) is 11.6 Å². The third kappa shape index (κ3) is 3.22. The maximum atomic E-state index is 6.18. The molecule has 0 spiro atoms. The Kier molecular flexibility index (Phi) is 4.77. The lowest BCUT2D eigenvalue weighted by molar-refractivity contribution is 0.397. The summed E-state index contributed by atoms with van der Waals surface area (Å²) >= 11 is 0. The predicted octanol–water partition coefficient (Wildman–Crippen LogP) is 1.99. The van der Waals surface area contributed by atoms with Crippen LogP contribution in [0.3, 0.4) is 0 Å². The molecule has 0 fully saturated rings. The molecule has 3 nitrogen and oxygen atoms in total. The second kappa shape index (κ2) is 5.87. The number of nitrogens with two attached hydrogens (primary N) is 2. The highest BCUT2D eigenvalue weighted by Gasteiger charge is 2.14. The molecule has 0 aromatic heterocycles. The van der Waals surface area contributed by atoms with E-state index in [9.17, 15) is 0 Å². The van der Waals surface area contributed by atoms with Gasteiger partial charge in [0.05, 0.1) is 7.11 Å². The van der Waals surface area contributed by atoms with Crippen molar-refractivity contribution in [3.05, 3.63) is 29.3 Å². The standard InChI is InChI=1S/C13H22N2O/c1-9-4-5-13(16-3)11(6-9)12(15)7-10(2)8-14/h4-6,10,12H,7-8,14-15H2,1-3H3. The summed E-state index contributed by atoms with van der Waals surface area (Å²) in [6, 6.07) is 6.08. The first-order valence-electron chi connectivity index (χ1n) is 5.68. The van der Waals surface area contributed by atoms with Crippen molar-refractivity contribution in [3.63, 3.8) is 0 Å². The van der Waals surface area contributed by atoms with Crippen molar-refractivity contribution >= 4 is 0 Å². The molecular weight excluding hydrogens is 200 g/mol. The van der Waals surface area contributed by atoms with E-state index in [2.05, 4.69) is 19.9 Å². The Bertz CT molecular complexity index is 339. The van der Waals surface area contributed by atoms with Gasteiger partial charge in [0.15, 0.2) is 0 Å². The lowest BCUT2D eigenvalue weighted by atomic mass is 9.95. The Hall–Kier alpha value is -1.06. The summed E-state index contributed by atoms with van der Waals surface area (Å²) in [5.41, 5.74) is 14.1. The number of hydrogen-bond donors (Lipinski definition) is 2. The number of methoxy groups -OCH3 is 1. The van der Waals surface area contributed by atoms with Crippen LogP contribution in [0.25, 0.3) is 0 Å². The Morgan fingerprint density at radius 2 is 2.06 bits per heavy atom. The summed E-state index contributed by atoms with van der Waals surface area (Å²) in [7, 11) is 1.67. The topological polar surface area (TPSA) is 61.3 Å². The molecule has 0 aliphatic rings. The van der Waals surface area contributed by atoms with Crippen molar-refractivity contribution < 1.29 is 4.74 Å².